The molecule has 15 heavy (non-hydrogen) atoms. The lowest BCUT2D eigenvalue weighted by Gasteiger charge is -2.36. The molecular formula is C10H17ClO4. The first-order chi connectivity index (χ1) is 7.08. The van der Waals surface area contributed by atoms with Crippen molar-refractivity contribution in [2.24, 2.45) is 0 Å². The second-order valence-corrected chi connectivity index (χ2v) is 4.13. The maximum Gasteiger partial charge on any atom is 0.305 e. The molecule has 0 aliphatic carbocycles. The summed E-state index contributed by atoms with van der Waals surface area (Å²) in [5.41, 5.74) is 0. The Bertz CT molecular complexity index is 209. The van der Waals surface area contributed by atoms with Crippen molar-refractivity contribution in [3.8, 4) is 0 Å². The quantitative estimate of drug-likeness (QED) is 0.553. The Balaban J connectivity index is 2.54. The normalized spacial score (nSPS) is 36.3. The Labute approximate surface area is 94.8 Å². The summed E-state index contributed by atoms with van der Waals surface area (Å²) in [6, 6.07) is 0. The van der Waals surface area contributed by atoms with Crippen molar-refractivity contribution in [2.45, 2.75) is 50.6 Å². The fraction of sp³-hybridized carbons (Fsp3) is 0.900. The maximum absolute atomic E-state index is 11.2. The molecule has 0 aromatic heterocycles. The molecular weight excluding hydrogens is 220 g/mol. The van der Waals surface area contributed by atoms with E-state index in [9.17, 15) is 4.79 Å². The second-order valence-electron chi connectivity index (χ2n) is 3.57. The molecule has 88 valence electrons. The molecule has 1 aliphatic rings. The highest BCUT2D eigenvalue weighted by Gasteiger charge is 2.37. The van der Waals surface area contributed by atoms with Crippen molar-refractivity contribution >= 4 is 17.6 Å². The van der Waals surface area contributed by atoms with E-state index in [2.05, 4.69) is 0 Å². The third-order valence-electron chi connectivity index (χ3n) is 2.42. The van der Waals surface area contributed by atoms with Crippen LogP contribution in [-0.4, -0.2) is 37.0 Å². The van der Waals surface area contributed by atoms with E-state index in [4.69, 9.17) is 25.8 Å². The molecule has 4 nitrogen and oxygen atoms in total. The Morgan fingerprint density at radius 1 is 1.60 bits per heavy atom. The topological polar surface area (TPSA) is 44.8 Å². The van der Waals surface area contributed by atoms with E-state index in [1.54, 1.807) is 14.0 Å². The molecule has 0 radical (unpaired) electrons. The first-order valence-corrected chi connectivity index (χ1v) is 5.54. The molecule has 1 aliphatic heterocycles. The van der Waals surface area contributed by atoms with Crippen molar-refractivity contribution < 1.29 is 19.0 Å². The molecule has 0 unspecified atom stereocenters. The van der Waals surface area contributed by atoms with Crippen LogP contribution in [0.5, 0.6) is 0 Å². The van der Waals surface area contributed by atoms with Gasteiger partial charge < -0.3 is 14.2 Å². The van der Waals surface area contributed by atoms with Gasteiger partial charge in [-0.3, -0.25) is 4.79 Å². The number of esters is 1. The number of carbonyl (C=O) groups excluding carboxylic acids is 1. The van der Waals surface area contributed by atoms with Crippen LogP contribution in [0.3, 0.4) is 0 Å². The van der Waals surface area contributed by atoms with Gasteiger partial charge in [0.15, 0.2) is 6.29 Å². The fourth-order valence-corrected chi connectivity index (χ4v) is 1.94. The van der Waals surface area contributed by atoms with E-state index < -0.39 is 0 Å². The van der Waals surface area contributed by atoms with Gasteiger partial charge in [0, 0.05) is 20.0 Å². The van der Waals surface area contributed by atoms with Crippen LogP contribution in [0.4, 0.5) is 0 Å². The van der Waals surface area contributed by atoms with Crippen molar-refractivity contribution in [1.29, 1.82) is 0 Å². The Hall–Kier alpha value is -0.320. The van der Waals surface area contributed by atoms with E-state index in [0.29, 0.717) is 12.8 Å². The minimum atomic E-state index is -0.384. The summed E-state index contributed by atoms with van der Waals surface area (Å²) in [7, 11) is 1.57. The zero-order valence-electron chi connectivity index (χ0n) is 9.23. The number of ether oxygens (including phenoxy) is 3. The first-order valence-electron chi connectivity index (χ1n) is 5.10. The third-order valence-corrected chi connectivity index (χ3v) is 2.85. The van der Waals surface area contributed by atoms with Crippen LogP contribution in [0, 0.1) is 0 Å². The molecule has 0 amide bonds. The predicted molar refractivity (Wildman–Crippen MR) is 55.8 cm³/mol. The third kappa shape index (κ3) is 3.33. The Morgan fingerprint density at radius 3 is 2.73 bits per heavy atom. The molecule has 1 rings (SSSR count). The Morgan fingerprint density at radius 2 is 2.27 bits per heavy atom. The molecule has 0 spiro atoms. The van der Waals surface area contributed by atoms with Crippen molar-refractivity contribution in [1.82, 2.24) is 0 Å². The van der Waals surface area contributed by atoms with Gasteiger partial charge in [-0.05, 0) is 6.92 Å². The van der Waals surface area contributed by atoms with Gasteiger partial charge in [-0.2, -0.15) is 0 Å². The van der Waals surface area contributed by atoms with Crippen molar-refractivity contribution in [3.05, 3.63) is 0 Å². The molecule has 0 aromatic rings. The van der Waals surface area contributed by atoms with Crippen LogP contribution in [0.1, 0.15) is 26.7 Å². The first kappa shape index (κ1) is 12.7. The standard InChI is InChI=1S/C10H17ClO4/c1-4-8(12)15-10-6(2)14-9(13-3)5-7(10)11/h6-7,9-10H,4-5H2,1-3H3/t6-,7-,9+,10+/m0/s1. The molecule has 4 atom stereocenters. The highest BCUT2D eigenvalue weighted by atomic mass is 35.5. The SMILES string of the molecule is CCC(=O)O[C@@H]1[C@H](C)O[C@@H](OC)C[C@@H]1Cl. The van der Waals surface area contributed by atoms with Gasteiger partial charge in [0.1, 0.15) is 6.10 Å². The molecule has 0 aromatic carbocycles. The summed E-state index contributed by atoms with van der Waals surface area (Å²) in [4.78, 5) is 11.2. The average Bonchev–Trinajstić information content (AvgIpc) is 2.22. The summed E-state index contributed by atoms with van der Waals surface area (Å²) < 4.78 is 15.8. The maximum atomic E-state index is 11.2. The predicted octanol–water partition coefficient (Wildman–Crippen LogP) is 1.70. The molecule has 0 N–H and O–H groups in total. The van der Waals surface area contributed by atoms with Gasteiger partial charge in [0.05, 0.1) is 11.5 Å². The summed E-state index contributed by atoms with van der Waals surface area (Å²) in [5, 5.41) is -0.255. The summed E-state index contributed by atoms with van der Waals surface area (Å²) in [5.74, 6) is -0.253. The van der Waals surface area contributed by atoms with Gasteiger partial charge >= 0.3 is 5.97 Å². The molecule has 1 heterocycles. The number of hydrogen-bond acceptors (Lipinski definition) is 4. The van der Waals surface area contributed by atoms with E-state index in [1.807, 2.05) is 6.92 Å². The largest absolute Gasteiger partial charge is 0.458 e. The molecule has 0 saturated carbocycles. The van der Waals surface area contributed by atoms with Crippen LogP contribution in [-0.2, 0) is 19.0 Å². The average molecular weight is 237 g/mol. The highest BCUT2D eigenvalue weighted by molar-refractivity contribution is 6.21. The highest BCUT2D eigenvalue weighted by Crippen LogP contribution is 2.27. The minimum Gasteiger partial charge on any atom is -0.458 e. The monoisotopic (exact) mass is 236 g/mol. The van der Waals surface area contributed by atoms with Crippen LogP contribution < -0.4 is 0 Å². The van der Waals surface area contributed by atoms with E-state index in [0.717, 1.165) is 0 Å². The number of methoxy groups -OCH3 is 1. The molecule has 5 heteroatoms. The van der Waals surface area contributed by atoms with Gasteiger partial charge in [0.2, 0.25) is 0 Å². The lowest BCUT2D eigenvalue weighted by Crippen LogP contribution is -2.47. The van der Waals surface area contributed by atoms with Crippen LogP contribution >= 0.6 is 11.6 Å². The zero-order valence-corrected chi connectivity index (χ0v) is 9.99. The zero-order chi connectivity index (χ0) is 11.4. The minimum absolute atomic E-state index is 0.235. The van der Waals surface area contributed by atoms with Gasteiger partial charge in [-0.25, -0.2) is 0 Å². The summed E-state index contributed by atoms with van der Waals surface area (Å²) >= 11 is 6.11. The lowest BCUT2D eigenvalue weighted by atomic mass is 10.1. The fourth-order valence-electron chi connectivity index (χ4n) is 1.54. The smallest absolute Gasteiger partial charge is 0.305 e. The van der Waals surface area contributed by atoms with Crippen LogP contribution in [0.2, 0.25) is 0 Å². The van der Waals surface area contributed by atoms with E-state index in [1.165, 1.54) is 0 Å². The van der Waals surface area contributed by atoms with E-state index in [-0.39, 0.29) is 29.8 Å². The van der Waals surface area contributed by atoms with Crippen molar-refractivity contribution in [2.75, 3.05) is 7.11 Å². The summed E-state index contributed by atoms with van der Waals surface area (Å²) in [6.07, 6.45) is -0.0452. The number of rotatable bonds is 3. The van der Waals surface area contributed by atoms with Crippen LogP contribution in [0.25, 0.3) is 0 Å². The number of alkyl halides is 1. The molecule has 0 bridgehead atoms. The van der Waals surface area contributed by atoms with E-state index >= 15 is 0 Å². The van der Waals surface area contributed by atoms with Gasteiger partial charge in [0.25, 0.3) is 0 Å². The molecule has 1 fully saturated rings. The number of halogens is 1. The lowest BCUT2D eigenvalue weighted by molar-refractivity contribution is -0.214. The summed E-state index contributed by atoms with van der Waals surface area (Å²) in [6.45, 7) is 3.58. The molecule has 1 saturated heterocycles. The Kier molecular flexibility index (Phi) is 4.83. The van der Waals surface area contributed by atoms with Gasteiger partial charge in [-0.1, -0.05) is 6.92 Å². The van der Waals surface area contributed by atoms with Gasteiger partial charge in [-0.15, -0.1) is 11.6 Å². The number of carbonyl (C=O) groups is 1. The number of hydrogen-bond donors (Lipinski definition) is 0. The van der Waals surface area contributed by atoms with Crippen molar-refractivity contribution in [3.63, 3.8) is 0 Å². The second kappa shape index (κ2) is 5.68. The van der Waals surface area contributed by atoms with Crippen LogP contribution in [0.15, 0.2) is 0 Å².